The summed E-state index contributed by atoms with van der Waals surface area (Å²) in [6.07, 6.45) is 5.52. The van der Waals surface area contributed by atoms with Gasteiger partial charge in [-0.2, -0.15) is 0 Å². The van der Waals surface area contributed by atoms with E-state index in [4.69, 9.17) is 10.6 Å². The van der Waals surface area contributed by atoms with Crippen molar-refractivity contribution in [2.24, 2.45) is 12.9 Å². The van der Waals surface area contributed by atoms with Crippen LogP contribution in [0.1, 0.15) is 23.9 Å². The van der Waals surface area contributed by atoms with Crippen LogP contribution in [0.4, 0.5) is 0 Å². The summed E-state index contributed by atoms with van der Waals surface area (Å²) in [5.41, 5.74) is 3.98. The molecule has 0 amide bonds. The van der Waals surface area contributed by atoms with Gasteiger partial charge in [-0.1, -0.05) is 12.1 Å². The highest BCUT2D eigenvalue weighted by molar-refractivity contribution is 5.30. The van der Waals surface area contributed by atoms with Crippen LogP contribution < -0.4 is 16.0 Å². The zero-order valence-corrected chi connectivity index (χ0v) is 11.3. The maximum absolute atomic E-state index is 5.66. The van der Waals surface area contributed by atoms with Gasteiger partial charge in [-0.05, 0) is 24.1 Å². The quantitative estimate of drug-likeness (QED) is 0.611. The van der Waals surface area contributed by atoms with Crippen LogP contribution >= 0.6 is 0 Å². The second kappa shape index (κ2) is 6.36. The number of imidazole rings is 1. The zero-order valence-electron chi connectivity index (χ0n) is 11.3. The van der Waals surface area contributed by atoms with Crippen LogP contribution in [0.15, 0.2) is 36.7 Å². The third-order valence-electron chi connectivity index (χ3n) is 3.27. The van der Waals surface area contributed by atoms with E-state index in [0.717, 1.165) is 30.0 Å². The van der Waals surface area contributed by atoms with Crippen molar-refractivity contribution in [1.29, 1.82) is 0 Å². The first-order chi connectivity index (χ1) is 9.24. The van der Waals surface area contributed by atoms with Crippen LogP contribution in [0.25, 0.3) is 0 Å². The molecular formula is C14H20N4O. The Kier molecular flexibility index (Phi) is 4.54. The Balaban J connectivity index is 2.05. The van der Waals surface area contributed by atoms with Crippen LogP contribution in [0.3, 0.4) is 0 Å². The number of nitrogens with one attached hydrogen (secondary N) is 1. The molecule has 102 valence electrons. The van der Waals surface area contributed by atoms with Crippen LogP contribution in [0, 0.1) is 0 Å². The van der Waals surface area contributed by atoms with E-state index in [1.165, 1.54) is 0 Å². The number of nitrogens with two attached hydrogens (primary N) is 1. The van der Waals surface area contributed by atoms with Gasteiger partial charge in [0.15, 0.2) is 0 Å². The third-order valence-corrected chi connectivity index (χ3v) is 3.27. The normalized spacial score (nSPS) is 12.4. The number of rotatable bonds is 6. The lowest BCUT2D eigenvalue weighted by molar-refractivity contribution is 0.412. The summed E-state index contributed by atoms with van der Waals surface area (Å²) in [5.74, 6) is 7.56. The van der Waals surface area contributed by atoms with Gasteiger partial charge in [-0.3, -0.25) is 11.3 Å². The summed E-state index contributed by atoms with van der Waals surface area (Å²) in [6, 6.07) is 8.04. The lowest BCUT2D eigenvalue weighted by atomic mass is 10.0. The van der Waals surface area contributed by atoms with E-state index in [1.54, 1.807) is 7.11 Å². The van der Waals surface area contributed by atoms with Crippen LogP contribution in [0.2, 0.25) is 0 Å². The number of aromatic nitrogens is 2. The number of aryl methyl sites for hydroxylation is 2. The Morgan fingerprint density at radius 1 is 1.47 bits per heavy atom. The molecule has 1 aromatic heterocycles. The molecule has 2 aromatic rings. The second-order valence-electron chi connectivity index (χ2n) is 4.49. The minimum absolute atomic E-state index is 0.0896. The number of hydrogen-bond donors (Lipinski definition) is 2. The molecule has 0 aliphatic rings. The summed E-state index contributed by atoms with van der Waals surface area (Å²) in [7, 11) is 3.66. The largest absolute Gasteiger partial charge is 0.497 e. The summed E-state index contributed by atoms with van der Waals surface area (Å²) < 4.78 is 7.26. The highest BCUT2D eigenvalue weighted by Gasteiger charge is 2.11. The molecule has 0 saturated carbocycles. The first-order valence-electron chi connectivity index (χ1n) is 6.31. The van der Waals surface area contributed by atoms with Crippen molar-refractivity contribution in [3.63, 3.8) is 0 Å². The van der Waals surface area contributed by atoms with Crippen molar-refractivity contribution < 1.29 is 4.74 Å². The van der Waals surface area contributed by atoms with Gasteiger partial charge in [0.2, 0.25) is 0 Å². The fourth-order valence-electron chi connectivity index (χ4n) is 2.12. The van der Waals surface area contributed by atoms with E-state index in [0.29, 0.717) is 0 Å². The van der Waals surface area contributed by atoms with Gasteiger partial charge in [-0.25, -0.2) is 4.98 Å². The van der Waals surface area contributed by atoms with Gasteiger partial charge in [-0.15, -0.1) is 0 Å². The summed E-state index contributed by atoms with van der Waals surface area (Å²) >= 11 is 0. The Bertz CT molecular complexity index is 524. The molecule has 19 heavy (non-hydrogen) atoms. The smallest absolute Gasteiger partial charge is 0.119 e. The summed E-state index contributed by atoms with van der Waals surface area (Å²) in [4.78, 5) is 4.32. The van der Waals surface area contributed by atoms with Gasteiger partial charge in [0, 0.05) is 31.9 Å². The van der Waals surface area contributed by atoms with E-state index in [9.17, 15) is 0 Å². The van der Waals surface area contributed by atoms with E-state index >= 15 is 0 Å². The number of methoxy groups -OCH3 is 1. The first-order valence-corrected chi connectivity index (χ1v) is 6.31. The Morgan fingerprint density at radius 2 is 2.32 bits per heavy atom. The van der Waals surface area contributed by atoms with E-state index < -0.39 is 0 Å². The highest BCUT2D eigenvalue weighted by atomic mass is 16.5. The molecule has 1 heterocycles. The molecule has 2 rings (SSSR count). The Labute approximate surface area is 113 Å². The standard InChI is InChI=1S/C14H20N4O/c1-18-9-8-16-14(18)7-6-13(17-15)11-4-3-5-12(10-11)19-2/h3-5,8-10,13,17H,6-7,15H2,1-2H3. The first kappa shape index (κ1) is 13.6. The molecule has 3 N–H and O–H groups in total. The molecule has 0 saturated heterocycles. The topological polar surface area (TPSA) is 65.1 Å². The second-order valence-corrected chi connectivity index (χ2v) is 4.49. The fraction of sp³-hybridized carbons (Fsp3) is 0.357. The predicted molar refractivity (Wildman–Crippen MR) is 74.6 cm³/mol. The van der Waals surface area contributed by atoms with Crippen LogP contribution in [-0.2, 0) is 13.5 Å². The van der Waals surface area contributed by atoms with E-state index in [-0.39, 0.29) is 6.04 Å². The van der Waals surface area contributed by atoms with Crippen molar-refractivity contribution in [3.05, 3.63) is 48.0 Å². The molecule has 1 aromatic carbocycles. The molecule has 1 atom stereocenters. The lowest BCUT2D eigenvalue weighted by Crippen LogP contribution is -2.28. The van der Waals surface area contributed by atoms with Gasteiger partial charge >= 0.3 is 0 Å². The van der Waals surface area contributed by atoms with Gasteiger partial charge < -0.3 is 9.30 Å². The molecule has 0 bridgehead atoms. The Morgan fingerprint density at radius 3 is 2.95 bits per heavy atom. The van der Waals surface area contributed by atoms with Crippen molar-refractivity contribution in [3.8, 4) is 5.75 Å². The lowest BCUT2D eigenvalue weighted by Gasteiger charge is -2.16. The third kappa shape index (κ3) is 3.33. The maximum Gasteiger partial charge on any atom is 0.119 e. The summed E-state index contributed by atoms with van der Waals surface area (Å²) in [6.45, 7) is 0. The summed E-state index contributed by atoms with van der Waals surface area (Å²) in [5, 5.41) is 0. The predicted octanol–water partition coefficient (Wildman–Crippen LogP) is 1.57. The van der Waals surface area contributed by atoms with Gasteiger partial charge in [0.25, 0.3) is 0 Å². The van der Waals surface area contributed by atoms with Crippen molar-refractivity contribution in [2.75, 3.05) is 7.11 Å². The molecule has 0 spiro atoms. The Hall–Kier alpha value is -1.85. The number of benzene rings is 1. The number of ether oxygens (including phenoxy) is 1. The highest BCUT2D eigenvalue weighted by Crippen LogP contribution is 2.22. The number of hydrogen-bond acceptors (Lipinski definition) is 4. The maximum atomic E-state index is 5.66. The van der Waals surface area contributed by atoms with E-state index in [1.807, 2.05) is 48.3 Å². The molecule has 5 heteroatoms. The molecule has 5 nitrogen and oxygen atoms in total. The van der Waals surface area contributed by atoms with Gasteiger partial charge in [0.1, 0.15) is 11.6 Å². The fourth-order valence-corrected chi connectivity index (χ4v) is 2.12. The minimum atomic E-state index is 0.0896. The van der Waals surface area contributed by atoms with Gasteiger partial charge in [0.05, 0.1) is 7.11 Å². The molecule has 0 aliphatic heterocycles. The number of hydrazine groups is 1. The van der Waals surface area contributed by atoms with Crippen molar-refractivity contribution in [2.45, 2.75) is 18.9 Å². The van der Waals surface area contributed by atoms with Crippen LogP contribution in [0.5, 0.6) is 5.75 Å². The van der Waals surface area contributed by atoms with E-state index in [2.05, 4.69) is 10.4 Å². The van der Waals surface area contributed by atoms with Crippen molar-refractivity contribution in [1.82, 2.24) is 15.0 Å². The molecular weight excluding hydrogens is 240 g/mol. The molecule has 0 radical (unpaired) electrons. The SMILES string of the molecule is COc1cccc(C(CCc2nccn2C)NN)c1. The van der Waals surface area contributed by atoms with Crippen molar-refractivity contribution >= 4 is 0 Å². The average molecular weight is 260 g/mol. The minimum Gasteiger partial charge on any atom is -0.497 e. The molecule has 0 aliphatic carbocycles. The zero-order chi connectivity index (χ0) is 13.7. The molecule has 1 unspecified atom stereocenters. The molecule has 0 fully saturated rings. The van der Waals surface area contributed by atoms with Crippen LogP contribution in [-0.4, -0.2) is 16.7 Å². The number of nitrogens with zero attached hydrogens (tertiary/aromatic N) is 2. The average Bonchev–Trinajstić information content (AvgIpc) is 2.85. The monoisotopic (exact) mass is 260 g/mol.